The summed E-state index contributed by atoms with van der Waals surface area (Å²) in [6, 6.07) is 0. The molecule has 1 aliphatic heterocycles. The van der Waals surface area contributed by atoms with Crippen molar-refractivity contribution in [2.45, 2.75) is 59.8 Å². The molecule has 0 aromatic heterocycles. The van der Waals surface area contributed by atoms with Crippen LogP contribution in [0, 0.1) is 5.41 Å². The average molecular weight is 273 g/mol. The molecule has 0 aromatic rings. The molecule has 0 bridgehead atoms. The average Bonchev–Trinajstić information content (AvgIpc) is 2.58. The van der Waals surface area contributed by atoms with Gasteiger partial charge in [0, 0.05) is 23.2 Å². The van der Waals surface area contributed by atoms with Crippen LogP contribution in [0.4, 0.5) is 0 Å². The van der Waals surface area contributed by atoms with Gasteiger partial charge in [-0.25, -0.2) is 0 Å². The molecule has 1 heterocycles. The molecule has 110 valence electrons. The Bertz CT molecular complexity index is 468. The highest BCUT2D eigenvalue weighted by Crippen LogP contribution is 2.42. The van der Waals surface area contributed by atoms with Crippen LogP contribution >= 0.6 is 0 Å². The van der Waals surface area contributed by atoms with Crippen LogP contribution in [-0.4, -0.2) is 11.5 Å². The lowest BCUT2D eigenvalue weighted by Gasteiger charge is -2.27. The van der Waals surface area contributed by atoms with E-state index in [1.54, 1.807) is 13.0 Å². The highest BCUT2D eigenvalue weighted by atomic mass is 16.1. The second kappa shape index (κ2) is 7.37. The van der Waals surface area contributed by atoms with Crippen molar-refractivity contribution >= 4 is 11.5 Å². The van der Waals surface area contributed by atoms with E-state index in [4.69, 9.17) is 0 Å². The molecule has 1 rings (SSSR count). The highest BCUT2D eigenvalue weighted by molar-refractivity contribution is 5.94. The highest BCUT2D eigenvalue weighted by Gasteiger charge is 2.35. The Hall–Kier alpha value is -1.44. The smallest absolute Gasteiger partial charge is 0.129 e. The van der Waals surface area contributed by atoms with Gasteiger partial charge in [-0.1, -0.05) is 44.6 Å². The van der Waals surface area contributed by atoms with Crippen LogP contribution in [0.1, 0.15) is 59.8 Å². The molecule has 0 amide bonds. The molecule has 1 unspecified atom stereocenters. The van der Waals surface area contributed by atoms with Gasteiger partial charge >= 0.3 is 0 Å². The molecular weight excluding hydrogens is 246 g/mol. The number of allylic oxidation sites excluding steroid dienone is 5. The zero-order valence-corrected chi connectivity index (χ0v) is 13.3. The third-order valence-electron chi connectivity index (χ3n) is 4.22. The Morgan fingerprint density at radius 1 is 1.30 bits per heavy atom. The number of hydrogen-bond donors (Lipinski definition) is 0. The molecule has 0 spiro atoms. The monoisotopic (exact) mass is 273 g/mol. The number of aliphatic imine (C=N–C) groups is 1. The second-order valence-corrected chi connectivity index (χ2v) is 5.89. The number of unbranched alkanes of at least 4 members (excludes halogenated alkanes) is 2. The number of rotatable bonds is 8. The van der Waals surface area contributed by atoms with Crippen molar-refractivity contribution in [3.8, 4) is 0 Å². The molecular formula is C18H27NO. The summed E-state index contributed by atoms with van der Waals surface area (Å²) in [5.74, 6) is 0.292. The molecule has 0 saturated heterocycles. The SMILES string of the molecule is C=C/C=C\C1=C(C)N=C(C)C1(C)CCCCCC(C)=O. The second-order valence-electron chi connectivity index (χ2n) is 5.89. The van der Waals surface area contributed by atoms with Gasteiger partial charge in [0.1, 0.15) is 5.78 Å². The number of Topliss-reactive ketones (excluding diaryl/α,β-unsaturated/α-hetero) is 1. The summed E-state index contributed by atoms with van der Waals surface area (Å²) in [4.78, 5) is 15.6. The Kier molecular flexibility index (Phi) is 6.12. The Morgan fingerprint density at radius 3 is 2.60 bits per heavy atom. The van der Waals surface area contributed by atoms with Gasteiger partial charge < -0.3 is 4.79 Å². The van der Waals surface area contributed by atoms with Crippen molar-refractivity contribution in [2.75, 3.05) is 0 Å². The number of hydrogen-bond acceptors (Lipinski definition) is 2. The van der Waals surface area contributed by atoms with E-state index < -0.39 is 0 Å². The van der Waals surface area contributed by atoms with Gasteiger partial charge in [-0.3, -0.25) is 4.99 Å². The first-order valence-corrected chi connectivity index (χ1v) is 7.47. The summed E-state index contributed by atoms with van der Waals surface area (Å²) in [6.07, 6.45) is 11.0. The summed E-state index contributed by atoms with van der Waals surface area (Å²) in [5, 5.41) is 0. The van der Waals surface area contributed by atoms with Crippen LogP contribution in [-0.2, 0) is 4.79 Å². The largest absolute Gasteiger partial charge is 0.300 e. The van der Waals surface area contributed by atoms with E-state index in [2.05, 4.69) is 38.4 Å². The first-order chi connectivity index (χ1) is 9.41. The third kappa shape index (κ3) is 4.03. The van der Waals surface area contributed by atoms with Crippen molar-refractivity contribution in [1.82, 2.24) is 0 Å². The van der Waals surface area contributed by atoms with Gasteiger partial charge in [-0.2, -0.15) is 0 Å². The third-order valence-corrected chi connectivity index (χ3v) is 4.22. The molecule has 2 heteroatoms. The summed E-state index contributed by atoms with van der Waals surface area (Å²) < 4.78 is 0. The lowest BCUT2D eigenvalue weighted by molar-refractivity contribution is -0.117. The minimum Gasteiger partial charge on any atom is -0.300 e. The van der Waals surface area contributed by atoms with E-state index in [1.165, 1.54) is 11.3 Å². The lowest BCUT2D eigenvalue weighted by Crippen LogP contribution is -2.24. The summed E-state index contributed by atoms with van der Waals surface area (Å²) >= 11 is 0. The predicted molar refractivity (Wildman–Crippen MR) is 87.0 cm³/mol. The standard InChI is InChI=1S/C18H27NO/c1-6-7-12-17-15(3)19-16(4)18(17,5)13-10-8-9-11-14(2)20/h6-7,12H,1,8-11,13H2,2-5H3/b12-7-. The number of nitrogens with zero attached hydrogens (tertiary/aromatic N) is 1. The van der Waals surface area contributed by atoms with E-state index in [0.29, 0.717) is 12.2 Å². The van der Waals surface area contributed by atoms with Crippen molar-refractivity contribution in [3.05, 3.63) is 36.1 Å². The van der Waals surface area contributed by atoms with Gasteiger partial charge in [-0.15, -0.1) is 0 Å². The molecule has 1 atom stereocenters. The van der Waals surface area contributed by atoms with Crippen LogP contribution in [0.5, 0.6) is 0 Å². The maximum atomic E-state index is 10.9. The summed E-state index contributed by atoms with van der Waals surface area (Å²) in [6.45, 7) is 11.9. The number of carbonyl (C=O) groups is 1. The zero-order chi connectivity index (χ0) is 15.2. The first-order valence-electron chi connectivity index (χ1n) is 7.47. The molecule has 0 N–H and O–H groups in total. The molecule has 0 radical (unpaired) electrons. The maximum absolute atomic E-state index is 10.9. The van der Waals surface area contributed by atoms with E-state index in [-0.39, 0.29) is 5.41 Å². The fourth-order valence-corrected chi connectivity index (χ4v) is 2.84. The molecule has 20 heavy (non-hydrogen) atoms. The van der Waals surface area contributed by atoms with Gasteiger partial charge in [0.05, 0.1) is 0 Å². The summed E-state index contributed by atoms with van der Waals surface area (Å²) in [5.41, 5.74) is 3.67. The van der Waals surface area contributed by atoms with Crippen LogP contribution < -0.4 is 0 Å². The first kappa shape index (κ1) is 16.6. The van der Waals surface area contributed by atoms with Gasteiger partial charge in [-0.05, 0) is 39.2 Å². The lowest BCUT2D eigenvalue weighted by atomic mass is 9.75. The van der Waals surface area contributed by atoms with E-state index >= 15 is 0 Å². The Balaban J connectivity index is 2.64. The minimum absolute atomic E-state index is 0.0415. The minimum atomic E-state index is 0.0415. The van der Waals surface area contributed by atoms with Crippen LogP contribution in [0.3, 0.4) is 0 Å². The van der Waals surface area contributed by atoms with Gasteiger partial charge in [0.25, 0.3) is 0 Å². The van der Waals surface area contributed by atoms with Crippen LogP contribution in [0.25, 0.3) is 0 Å². The van der Waals surface area contributed by atoms with E-state index in [9.17, 15) is 4.79 Å². The zero-order valence-electron chi connectivity index (χ0n) is 13.3. The van der Waals surface area contributed by atoms with E-state index in [1.807, 2.05) is 6.08 Å². The fourth-order valence-electron chi connectivity index (χ4n) is 2.84. The van der Waals surface area contributed by atoms with Crippen LogP contribution in [0.2, 0.25) is 0 Å². The number of carbonyl (C=O) groups excluding carboxylic acids is 1. The normalized spacial score (nSPS) is 22.5. The molecule has 0 aliphatic carbocycles. The van der Waals surface area contributed by atoms with E-state index in [0.717, 1.165) is 31.4 Å². The number of ketones is 1. The molecule has 1 aliphatic rings. The quantitative estimate of drug-likeness (QED) is 0.451. The van der Waals surface area contributed by atoms with Gasteiger partial charge in [0.2, 0.25) is 0 Å². The van der Waals surface area contributed by atoms with Crippen LogP contribution in [0.15, 0.2) is 41.1 Å². The Morgan fingerprint density at radius 2 is 2.00 bits per heavy atom. The van der Waals surface area contributed by atoms with Crippen molar-refractivity contribution in [1.29, 1.82) is 0 Å². The van der Waals surface area contributed by atoms with Crippen molar-refractivity contribution < 1.29 is 4.79 Å². The Labute approximate surface area is 123 Å². The molecule has 0 fully saturated rings. The topological polar surface area (TPSA) is 29.4 Å². The predicted octanol–water partition coefficient (Wildman–Crippen LogP) is 5.02. The van der Waals surface area contributed by atoms with Gasteiger partial charge in [0.15, 0.2) is 0 Å². The van der Waals surface area contributed by atoms with Crippen molar-refractivity contribution in [2.24, 2.45) is 10.4 Å². The maximum Gasteiger partial charge on any atom is 0.129 e. The summed E-state index contributed by atoms with van der Waals surface area (Å²) in [7, 11) is 0. The fraction of sp³-hybridized carbons (Fsp3) is 0.556. The molecule has 0 aromatic carbocycles. The molecule has 0 saturated carbocycles. The molecule has 2 nitrogen and oxygen atoms in total. The van der Waals surface area contributed by atoms with Crippen molar-refractivity contribution in [3.63, 3.8) is 0 Å².